The lowest BCUT2D eigenvalue weighted by Gasteiger charge is -2.32. The van der Waals surface area contributed by atoms with Gasteiger partial charge in [0.1, 0.15) is 28.7 Å². The molecule has 1 atom stereocenters. The van der Waals surface area contributed by atoms with Crippen molar-refractivity contribution < 1.29 is 17.9 Å². The Balaban J connectivity index is 1.07. The number of halogens is 3. The van der Waals surface area contributed by atoms with Gasteiger partial charge in [0.15, 0.2) is 0 Å². The second-order valence-corrected chi connectivity index (χ2v) is 11.8. The van der Waals surface area contributed by atoms with Gasteiger partial charge in [0.2, 0.25) is 0 Å². The number of benzene rings is 1. The average Bonchev–Trinajstić information content (AvgIpc) is 3.50. The van der Waals surface area contributed by atoms with Gasteiger partial charge < -0.3 is 19.9 Å². The summed E-state index contributed by atoms with van der Waals surface area (Å²) < 4.78 is 46.5. The van der Waals surface area contributed by atoms with Crippen LogP contribution in [0.2, 0.25) is 0 Å². The molecule has 5 heterocycles. The number of aromatic nitrogens is 3. The normalized spacial score (nSPS) is 19.0. The highest BCUT2D eigenvalue weighted by Gasteiger charge is 2.29. The van der Waals surface area contributed by atoms with E-state index in [2.05, 4.69) is 56.3 Å². The molecule has 3 aromatic heterocycles. The molecular weight excluding hydrogens is 551 g/mol. The number of alkyl halides is 3. The average molecular weight is 582 g/mol. The summed E-state index contributed by atoms with van der Waals surface area (Å²) in [5, 5.41) is 18.1. The van der Waals surface area contributed by atoms with Crippen LogP contribution in [-0.4, -0.2) is 64.0 Å². The molecule has 4 aromatic rings. The van der Waals surface area contributed by atoms with Crippen molar-refractivity contribution in [3.63, 3.8) is 0 Å². The lowest BCUT2D eigenvalue weighted by Crippen LogP contribution is -2.39. The number of nitriles is 1. The molecule has 0 bridgehead atoms. The molecule has 2 aliphatic rings. The van der Waals surface area contributed by atoms with Crippen LogP contribution in [0.3, 0.4) is 0 Å². The maximum atomic E-state index is 12.9. The third-order valence-corrected chi connectivity index (χ3v) is 8.67. The Kier molecular flexibility index (Phi) is 7.59. The zero-order chi connectivity index (χ0) is 28.6. The van der Waals surface area contributed by atoms with Crippen LogP contribution in [-0.2, 0) is 24.2 Å². The van der Waals surface area contributed by atoms with Gasteiger partial charge in [-0.1, -0.05) is 12.6 Å². The van der Waals surface area contributed by atoms with Crippen molar-refractivity contribution in [3.05, 3.63) is 65.1 Å². The molecule has 0 unspecified atom stereocenters. The summed E-state index contributed by atoms with van der Waals surface area (Å²) in [4.78, 5) is 11.7. The third-order valence-electron chi connectivity index (χ3n) is 7.63. The number of piperidine rings is 1. The fraction of sp³-hybridized carbons (Fsp3) is 0.414. The Morgan fingerprint density at radius 3 is 2.76 bits per heavy atom. The van der Waals surface area contributed by atoms with E-state index in [1.807, 2.05) is 10.6 Å². The van der Waals surface area contributed by atoms with Gasteiger partial charge in [0.05, 0.1) is 31.1 Å². The fourth-order valence-corrected chi connectivity index (χ4v) is 6.63. The maximum Gasteiger partial charge on any atom is 0.393 e. The Bertz CT molecular complexity index is 1600. The van der Waals surface area contributed by atoms with Crippen molar-refractivity contribution in [2.24, 2.45) is 0 Å². The summed E-state index contributed by atoms with van der Waals surface area (Å²) >= 11 is 1.06. The van der Waals surface area contributed by atoms with Crippen molar-refractivity contribution in [1.29, 1.82) is 5.26 Å². The molecule has 2 saturated heterocycles. The van der Waals surface area contributed by atoms with Crippen LogP contribution < -0.4 is 10.6 Å². The molecule has 2 fully saturated rings. The van der Waals surface area contributed by atoms with E-state index in [-0.39, 0.29) is 17.0 Å². The number of morpholine rings is 1. The monoisotopic (exact) mass is 581 g/mol. The highest BCUT2D eigenvalue weighted by molar-refractivity contribution is 7.18. The smallest absolute Gasteiger partial charge is 0.384 e. The van der Waals surface area contributed by atoms with Crippen molar-refractivity contribution in [3.8, 4) is 6.07 Å². The van der Waals surface area contributed by atoms with Crippen molar-refractivity contribution >= 4 is 38.3 Å². The summed E-state index contributed by atoms with van der Waals surface area (Å²) in [6.45, 7) is 8.20. The minimum Gasteiger partial charge on any atom is -0.384 e. The minimum atomic E-state index is -4.25. The molecule has 0 radical (unpaired) electrons. The quantitative estimate of drug-likeness (QED) is 0.310. The zero-order valence-corrected chi connectivity index (χ0v) is 23.2. The molecule has 0 spiro atoms. The molecule has 2 aliphatic heterocycles. The first-order valence-corrected chi connectivity index (χ1v) is 14.4. The highest BCUT2D eigenvalue weighted by Crippen LogP contribution is 2.33. The van der Waals surface area contributed by atoms with Crippen LogP contribution in [0.25, 0.3) is 21.1 Å². The van der Waals surface area contributed by atoms with Crippen LogP contribution >= 0.6 is 11.3 Å². The van der Waals surface area contributed by atoms with E-state index in [4.69, 9.17) is 4.74 Å². The molecule has 8 nitrogen and oxygen atoms in total. The standard InChI is InChI=1S/C29H30F3N7OS/c1-18-16-40-23(13-34-18)15-39-22(12-33)9-20-8-19(2-3-26(20)39)14-38-6-4-21(5-7-38)37-27-25-10-24(11-29(30,31)32)41-28(25)36-17-35-27/h2-3,8-10,17,21,23,34H,1,4-7,11,13-16H2,(H,35,36,37)/t23-/m0/s1. The number of ether oxygens (including phenoxy) is 1. The van der Waals surface area contributed by atoms with Crippen LogP contribution in [0.4, 0.5) is 19.0 Å². The molecule has 2 N–H and O–H groups in total. The van der Waals surface area contributed by atoms with E-state index < -0.39 is 12.6 Å². The van der Waals surface area contributed by atoms with Gasteiger partial charge in [-0.2, -0.15) is 18.4 Å². The number of hydrogen-bond acceptors (Lipinski definition) is 8. The Morgan fingerprint density at radius 2 is 2.02 bits per heavy atom. The number of likely N-dealkylation sites (tertiary alicyclic amines) is 1. The van der Waals surface area contributed by atoms with Crippen LogP contribution in [0.15, 0.2) is 48.9 Å². The SMILES string of the molecule is C=C1CO[C@H](Cn2c(C#N)cc3cc(CN4CCC(Nc5ncnc6sc(CC(F)(F)F)cc56)CC4)ccc32)CN1. The summed E-state index contributed by atoms with van der Waals surface area (Å²) in [5.74, 6) is 0.598. The molecule has 0 aliphatic carbocycles. The second-order valence-electron chi connectivity index (χ2n) is 10.7. The van der Waals surface area contributed by atoms with Gasteiger partial charge in [0.25, 0.3) is 0 Å². The van der Waals surface area contributed by atoms with Crippen LogP contribution in [0, 0.1) is 11.3 Å². The topological polar surface area (TPSA) is 91.0 Å². The molecule has 0 amide bonds. The highest BCUT2D eigenvalue weighted by atomic mass is 32.1. The van der Waals surface area contributed by atoms with Crippen molar-refractivity contribution in [2.75, 3.05) is 31.6 Å². The number of thiophene rings is 1. The van der Waals surface area contributed by atoms with Gasteiger partial charge >= 0.3 is 6.18 Å². The van der Waals surface area contributed by atoms with Crippen LogP contribution in [0.1, 0.15) is 29.0 Å². The summed E-state index contributed by atoms with van der Waals surface area (Å²) in [5.41, 5.74) is 3.69. The van der Waals surface area contributed by atoms with E-state index in [1.165, 1.54) is 11.9 Å². The minimum absolute atomic E-state index is 0.0297. The molecular formula is C29H30F3N7OS. The first-order valence-electron chi connectivity index (χ1n) is 13.6. The number of hydrogen-bond donors (Lipinski definition) is 2. The zero-order valence-electron chi connectivity index (χ0n) is 22.4. The fourth-order valence-electron chi connectivity index (χ4n) is 5.61. The van der Waals surface area contributed by atoms with Crippen LogP contribution in [0.5, 0.6) is 0 Å². The third kappa shape index (κ3) is 6.32. The Hall–Kier alpha value is -3.66. The second kappa shape index (κ2) is 11.3. The lowest BCUT2D eigenvalue weighted by atomic mass is 10.0. The predicted molar refractivity (Wildman–Crippen MR) is 153 cm³/mol. The van der Waals surface area contributed by atoms with Crippen molar-refractivity contribution in [2.45, 2.75) is 50.7 Å². The van der Waals surface area contributed by atoms with E-state index in [1.54, 1.807) is 6.07 Å². The first-order chi connectivity index (χ1) is 19.7. The van der Waals surface area contributed by atoms with Gasteiger partial charge in [-0.15, -0.1) is 11.3 Å². The lowest BCUT2D eigenvalue weighted by molar-refractivity contribution is -0.126. The van der Waals surface area contributed by atoms with Crippen molar-refractivity contribution in [1.82, 2.24) is 24.8 Å². The number of nitrogens with zero attached hydrogens (tertiary/aromatic N) is 5. The summed E-state index contributed by atoms with van der Waals surface area (Å²) in [6, 6.07) is 12.4. The van der Waals surface area contributed by atoms with Gasteiger partial charge in [-0.3, -0.25) is 4.90 Å². The number of anilines is 1. The predicted octanol–water partition coefficient (Wildman–Crippen LogP) is 5.20. The summed E-state index contributed by atoms with van der Waals surface area (Å²) in [6.07, 6.45) is -2.04. The molecule has 12 heteroatoms. The maximum absolute atomic E-state index is 12.9. The number of rotatable bonds is 7. The molecule has 41 heavy (non-hydrogen) atoms. The number of fused-ring (bicyclic) bond motifs is 2. The molecule has 6 rings (SSSR count). The van der Waals surface area contributed by atoms with E-state index in [0.29, 0.717) is 41.4 Å². The molecule has 214 valence electrons. The van der Waals surface area contributed by atoms with Gasteiger partial charge in [0, 0.05) is 53.7 Å². The van der Waals surface area contributed by atoms with Gasteiger partial charge in [-0.25, -0.2) is 9.97 Å². The van der Waals surface area contributed by atoms with E-state index in [0.717, 1.165) is 60.4 Å². The Labute approximate surface area is 239 Å². The largest absolute Gasteiger partial charge is 0.393 e. The number of nitrogens with one attached hydrogen (secondary N) is 2. The molecule has 0 saturated carbocycles. The first kappa shape index (κ1) is 27.5. The van der Waals surface area contributed by atoms with E-state index >= 15 is 0 Å². The molecule has 1 aromatic carbocycles. The van der Waals surface area contributed by atoms with E-state index in [9.17, 15) is 18.4 Å². The summed E-state index contributed by atoms with van der Waals surface area (Å²) in [7, 11) is 0. The Morgan fingerprint density at radius 1 is 1.20 bits per heavy atom. The van der Waals surface area contributed by atoms with Gasteiger partial charge in [-0.05, 0) is 42.7 Å².